The van der Waals surface area contributed by atoms with Gasteiger partial charge in [-0.25, -0.2) is 4.98 Å². The molecule has 1 aliphatic heterocycles. The fraction of sp³-hybridized carbons (Fsp3) is 0.167. The SMILES string of the molecule is Cc1cc2c3c(c1)c(-c1ccccc1)n/c(=N\O)c(=O)n3CC2. The highest BCUT2D eigenvalue weighted by molar-refractivity contribution is 5.95. The van der Waals surface area contributed by atoms with Crippen LogP contribution in [-0.2, 0) is 13.0 Å². The van der Waals surface area contributed by atoms with E-state index in [0.29, 0.717) is 12.2 Å². The Morgan fingerprint density at radius 2 is 2.00 bits per heavy atom. The van der Waals surface area contributed by atoms with E-state index in [-0.39, 0.29) is 11.0 Å². The van der Waals surface area contributed by atoms with Crippen LogP contribution in [0.3, 0.4) is 0 Å². The van der Waals surface area contributed by atoms with Crippen LogP contribution in [0.4, 0.5) is 0 Å². The van der Waals surface area contributed by atoms with Gasteiger partial charge in [0, 0.05) is 17.5 Å². The van der Waals surface area contributed by atoms with Crippen LogP contribution >= 0.6 is 0 Å². The minimum absolute atomic E-state index is 0.175. The van der Waals surface area contributed by atoms with Gasteiger partial charge < -0.3 is 9.77 Å². The average molecular weight is 305 g/mol. The van der Waals surface area contributed by atoms with Gasteiger partial charge in [0.15, 0.2) is 0 Å². The van der Waals surface area contributed by atoms with Gasteiger partial charge in [-0.15, -0.1) is 0 Å². The van der Waals surface area contributed by atoms with Crippen molar-refractivity contribution in [3.63, 3.8) is 0 Å². The van der Waals surface area contributed by atoms with Crippen molar-refractivity contribution in [3.8, 4) is 11.3 Å². The summed E-state index contributed by atoms with van der Waals surface area (Å²) in [5.41, 5.74) is 4.17. The first-order valence-corrected chi connectivity index (χ1v) is 7.51. The van der Waals surface area contributed by atoms with E-state index < -0.39 is 0 Å². The van der Waals surface area contributed by atoms with Crippen LogP contribution < -0.4 is 11.0 Å². The van der Waals surface area contributed by atoms with E-state index in [4.69, 9.17) is 0 Å². The summed E-state index contributed by atoms with van der Waals surface area (Å²) < 4.78 is 1.67. The van der Waals surface area contributed by atoms with E-state index in [1.165, 1.54) is 0 Å². The number of rotatable bonds is 1. The van der Waals surface area contributed by atoms with Crippen molar-refractivity contribution < 1.29 is 5.21 Å². The quantitative estimate of drug-likeness (QED) is 0.554. The second kappa shape index (κ2) is 5.05. The van der Waals surface area contributed by atoms with Gasteiger partial charge in [-0.2, -0.15) is 0 Å². The summed E-state index contributed by atoms with van der Waals surface area (Å²) in [7, 11) is 0. The number of benzene rings is 2. The van der Waals surface area contributed by atoms with E-state index in [0.717, 1.165) is 34.0 Å². The molecule has 1 aliphatic rings. The molecule has 0 amide bonds. The third kappa shape index (κ3) is 2.04. The van der Waals surface area contributed by atoms with Crippen molar-refractivity contribution in [2.75, 3.05) is 0 Å². The third-order valence-electron chi connectivity index (χ3n) is 4.26. The van der Waals surface area contributed by atoms with Crippen LogP contribution in [0.15, 0.2) is 52.4 Å². The van der Waals surface area contributed by atoms with E-state index in [9.17, 15) is 10.0 Å². The molecular weight excluding hydrogens is 290 g/mol. The summed E-state index contributed by atoms with van der Waals surface area (Å²) in [4.78, 5) is 17.0. The van der Waals surface area contributed by atoms with Gasteiger partial charge in [-0.1, -0.05) is 47.1 Å². The summed E-state index contributed by atoms with van der Waals surface area (Å²) in [6, 6.07) is 13.8. The monoisotopic (exact) mass is 305 g/mol. The minimum atomic E-state index is -0.359. The maximum Gasteiger partial charge on any atom is 0.299 e. The summed E-state index contributed by atoms with van der Waals surface area (Å²) in [6.07, 6.45) is 0.802. The molecule has 0 radical (unpaired) electrons. The van der Waals surface area contributed by atoms with Crippen molar-refractivity contribution in [2.24, 2.45) is 5.16 Å². The Hall–Kier alpha value is -2.95. The van der Waals surface area contributed by atoms with E-state index in [2.05, 4.69) is 16.2 Å². The molecule has 0 fully saturated rings. The predicted molar refractivity (Wildman–Crippen MR) is 87.2 cm³/mol. The third-order valence-corrected chi connectivity index (χ3v) is 4.26. The predicted octanol–water partition coefficient (Wildman–Crippen LogP) is 2.22. The molecule has 0 bridgehead atoms. The van der Waals surface area contributed by atoms with Gasteiger partial charge >= 0.3 is 0 Å². The van der Waals surface area contributed by atoms with Gasteiger partial charge in [-0.05, 0) is 25.0 Å². The fourth-order valence-corrected chi connectivity index (χ4v) is 3.31. The Morgan fingerprint density at radius 1 is 1.22 bits per heavy atom. The fourth-order valence-electron chi connectivity index (χ4n) is 3.31. The van der Waals surface area contributed by atoms with Gasteiger partial charge in [0.05, 0.1) is 11.2 Å². The largest absolute Gasteiger partial charge is 0.409 e. The second-order valence-corrected chi connectivity index (χ2v) is 5.78. The Morgan fingerprint density at radius 3 is 2.74 bits per heavy atom. The summed E-state index contributed by atoms with van der Waals surface area (Å²) in [6.45, 7) is 2.62. The summed E-state index contributed by atoms with van der Waals surface area (Å²) in [5.74, 6) is 0. The molecule has 0 saturated carbocycles. The molecule has 114 valence electrons. The van der Waals surface area contributed by atoms with Crippen LogP contribution in [0.1, 0.15) is 11.1 Å². The Bertz CT molecular complexity index is 1050. The molecule has 0 saturated heterocycles. The zero-order chi connectivity index (χ0) is 16.0. The molecule has 0 atom stereocenters. The average Bonchev–Trinajstić information content (AvgIpc) is 2.94. The lowest BCUT2D eigenvalue weighted by molar-refractivity contribution is 0.297. The highest BCUT2D eigenvalue weighted by atomic mass is 16.4. The maximum atomic E-state index is 12.6. The Balaban J connectivity index is 2.30. The van der Waals surface area contributed by atoms with Crippen molar-refractivity contribution in [1.29, 1.82) is 0 Å². The standard InChI is InChI=1S/C18H15N3O2/c1-11-9-13-7-8-21-16(13)14(10-11)15(12-5-3-2-4-6-12)19-17(20-23)18(21)22/h2-6,9-10,23H,7-8H2,1H3/b20-17-. The number of nitrogens with zero attached hydrogens (tertiary/aromatic N) is 3. The summed E-state index contributed by atoms with van der Waals surface area (Å²) in [5, 5.41) is 13.3. The van der Waals surface area contributed by atoms with Crippen LogP contribution in [0.25, 0.3) is 22.2 Å². The van der Waals surface area contributed by atoms with Crippen molar-refractivity contribution in [3.05, 3.63) is 69.4 Å². The number of aromatic nitrogens is 2. The molecule has 0 unspecified atom stereocenters. The maximum absolute atomic E-state index is 12.6. The molecule has 4 rings (SSSR count). The smallest absolute Gasteiger partial charge is 0.299 e. The van der Waals surface area contributed by atoms with Crippen LogP contribution in [0, 0.1) is 6.92 Å². The van der Waals surface area contributed by atoms with Gasteiger partial charge in [0.25, 0.3) is 11.0 Å². The lowest BCUT2D eigenvalue weighted by Crippen LogP contribution is -2.33. The van der Waals surface area contributed by atoms with Gasteiger partial charge in [-0.3, -0.25) is 4.79 Å². The molecule has 0 aliphatic carbocycles. The molecular formula is C18H15N3O2. The minimum Gasteiger partial charge on any atom is -0.409 e. The van der Waals surface area contributed by atoms with Gasteiger partial charge in [0.1, 0.15) is 0 Å². The number of hydrogen-bond acceptors (Lipinski definition) is 4. The lowest BCUT2D eigenvalue weighted by Gasteiger charge is -2.05. The van der Waals surface area contributed by atoms with E-state index >= 15 is 0 Å². The van der Waals surface area contributed by atoms with Crippen LogP contribution in [0.5, 0.6) is 0 Å². The molecule has 2 heterocycles. The highest BCUT2D eigenvalue weighted by Crippen LogP contribution is 2.30. The van der Waals surface area contributed by atoms with Crippen LogP contribution in [-0.4, -0.2) is 14.8 Å². The molecule has 23 heavy (non-hydrogen) atoms. The molecule has 0 spiro atoms. The number of aryl methyl sites for hydroxylation is 3. The molecule has 1 aromatic heterocycles. The second-order valence-electron chi connectivity index (χ2n) is 5.78. The molecule has 1 N–H and O–H groups in total. The van der Waals surface area contributed by atoms with Crippen molar-refractivity contribution in [2.45, 2.75) is 19.9 Å². The molecule has 5 nitrogen and oxygen atoms in total. The molecule has 3 aromatic rings. The van der Waals surface area contributed by atoms with E-state index in [1.807, 2.05) is 43.3 Å². The van der Waals surface area contributed by atoms with Gasteiger partial charge in [0.2, 0.25) is 0 Å². The zero-order valence-corrected chi connectivity index (χ0v) is 12.7. The Kier molecular flexibility index (Phi) is 3.01. The Labute approximate surface area is 132 Å². The van der Waals surface area contributed by atoms with Crippen molar-refractivity contribution >= 4 is 10.9 Å². The van der Waals surface area contributed by atoms with Crippen LogP contribution in [0.2, 0.25) is 0 Å². The topological polar surface area (TPSA) is 67.5 Å². The first-order valence-electron chi connectivity index (χ1n) is 7.51. The van der Waals surface area contributed by atoms with Crippen molar-refractivity contribution in [1.82, 2.24) is 9.55 Å². The normalized spacial score (nSPS) is 13.7. The first-order chi connectivity index (χ1) is 11.2. The first kappa shape index (κ1) is 13.7. The van der Waals surface area contributed by atoms with E-state index in [1.54, 1.807) is 4.57 Å². The zero-order valence-electron chi connectivity index (χ0n) is 12.7. The molecule has 5 heteroatoms. The lowest BCUT2D eigenvalue weighted by atomic mass is 10.0. The highest BCUT2D eigenvalue weighted by Gasteiger charge is 2.19. The number of hydrogen-bond donors (Lipinski definition) is 1. The molecule has 2 aromatic carbocycles. The summed E-state index contributed by atoms with van der Waals surface area (Å²) >= 11 is 0.